The standard InChI is InChI=1S/C18H26N2O/c1-12(2)14(5)21-18-10-15(11-19-13(3)4)20-17-9-7-6-8-16(17)18/h6-10,12-14,19H,11H2,1-5H3. The molecule has 0 radical (unpaired) electrons. The van der Waals surface area contributed by atoms with Gasteiger partial charge in [0.2, 0.25) is 0 Å². The van der Waals surface area contributed by atoms with Crippen LogP contribution >= 0.6 is 0 Å². The molecule has 0 amide bonds. The largest absolute Gasteiger partial charge is 0.490 e. The lowest BCUT2D eigenvalue weighted by Gasteiger charge is -2.20. The molecule has 0 aliphatic carbocycles. The normalized spacial score (nSPS) is 13.1. The average molecular weight is 286 g/mol. The van der Waals surface area contributed by atoms with Gasteiger partial charge in [0.05, 0.1) is 17.3 Å². The molecule has 114 valence electrons. The van der Waals surface area contributed by atoms with E-state index in [-0.39, 0.29) is 6.10 Å². The highest BCUT2D eigenvalue weighted by Gasteiger charge is 2.13. The summed E-state index contributed by atoms with van der Waals surface area (Å²) in [5, 5.41) is 4.49. The van der Waals surface area contributed by atoms with E-state index >= 15 is 0 Å². The Morgan fingerprint density at radius 2 is 1.81 bits per heavy atom. The second kappa shape index (κ2) is 6.90. The van der Waals surface area contributed by atoms with Gasteiger partial charge in [-0.1, -0.05) is 39.8 Å². The van der Waals surface area contributed by atoms with Crippen LogP contribution in [0.3, 0.4) is 0 Å². The molecule has 1 heterocycles. The summed E-state index contributed by atoms with van der Waals surface area (Å²) in [5.74, 6) is 1.41. The summed E-state index contributed by atoms with van der Waals surface area (Å²) < 4.78 is 6.17. The van der Waals surface area contributed by atoms with E-state index in [0.29, 0.717) is 12.0 Å². The minimum absolute atomic E-state index is 0.182. The van der Waals surface area contributed by atoms with Crippen LogP contribution in [0.15, 0.2) is 30.3 Å². The molecule has 0 aliphatic rings. The predicted octanol–water partition coefficient (Wildman–Crippen LogP) is 4.16. The van der Waals surface area contributed by atoms with E-state index in [9.17, 15) is 0 Å². The third kappa shape index (κ3) is 4.18. The Morgan fingerprint density at radius 1 is 1.10 bits per heavy atom. The highest BCUT2D eigenvalue weighted by atomic mass is 16.5. The minimum Gasteiger partial charge on any atom is -0.490 e. The van der Waals surface area contributed by atoms with Gasteiger partial charge >= 0.3 is 0 Å². The molecule has 0 saturated heterocycles. The first-order valence-corrected chi connectivity index (χ1v) is 7.76. The number of rotatable bonds is 6. The number of nitrogens with one attached hydrogen (secondary N) is 1. The van der Waals surface area contributed by atoms with E-state index in [0.717, 1.165) is 28.9 Å². The first-order valence-electron chi connectivity index (χ1n) is 7.76. The molecule has 3 heteroatoms. The van der Waals surface area contributed by atoms with Gasteiger partial charge in [-0.2, -0.15) is 0 Å². The number of hydrogen-bond donors (Lipinski definition) is 1. The van der Waals surface area contributed by atoms with E-state index in [1.54, 1.807) is 0 Å². The van der Waals surface area contributed by atoms with Crippen LogP contribution in [0.5, 0.6) is 5.75 Å². The smallest absolute Gasteiger partial charge is 0.130 e. The van der Waals surface area contributed by atoms with E-state index in [1.807, 2.05) is 18.2 Å². The molecule has 1 aromatic heterocycles. The molecular formula is C18H26N2O. The first-order chi connectivity index (χ1) is 9.97. The van der Waals surface area contributed by atoms with Crippen molar-refractivity contribution in [2.75, 3.05) is 0 Å². The Morgan fingerprint density at radius 3 is 2.48 bits per heavy atom. The first kappa shape index (κ1) is 15.8. The molecule has 0 fully saturated rings. The van der Waals surface area contributed by atoms with E-state index in [1.165, 1.54) is 0 Å². The van der Waals surface area contributed by atoms with Gasteiger partial charge in [0.1, 0.15) is 5.75 Å². The third-order valence-corrected chi connectivity index (χ3v) is 3.67. The molecule has 0 spiro atoms. The molecule has 1 atom stereocenters. The van der Waals surface area contributed by atoms with Crippen LogP contribution in [-0.4, -0.2) is 17.1 Å². The zero-order valence-electron chi connectivity index (χ0n) is 13.7. The van der Waals surface area contributed by atoms with Crippen molar-refractivity contribution >= 4 is 10.9 Å². The summed E-state index contributed by atoms with van der Waals surface area (Å²) in [6.07, 6.45) is 0.182. The number of ether oxygens (including phenoxy) is 1. The van der Waals surface area contributed by atoms with E-state index in [4.69, 9.17) is 9.72 Å². The summed E-state index contributed by atoms with van der Waals surface area (Å²) in [6, 6.07) is 10.7. The quantitative estimate of drug-likeness (QED) is 0.866. The summed E-state index contributed by atoms with van der Waals surface area (Å²) >= 11 is 0. The van der Waals surface area contributed by atoms with Gasteiger partial charge in [-0.3, -0.25) is 4.98 Å². The zero-order valence-corrected chi connectivity index (χ0v) is 13.7. The summed E-state index contributed by atoms with van der Waals surface area (Å²) in [7, 11) is 0. The number of aromatic nitrogens is 1. The lowest BCUT2D eigenvalue weighted by molar-refractivity contribution is 0.172. The molecule has 2 aromatic rings. The molecule has 3 nitrogen and oxygen atoms in total. The Balaban J connectivity index is 2.35. The molecule has 2 rings (SSSR count). The molecule has 1 N–H and O–H groups in total. The van der Waals surface area contributed by atoms with E-state index in [2.05, 4.69) is 52.1 Å². The molecule has 1 aromatic carbocycles. The Bertz CT molecular complexity index is 593. The number of benzene rings is 1. The topological polar surface area (TPSA) is 34.1 Å². The Hall–Kier alpha value is -1.61. The SMILES string of the molecule is CC(C)NCc1cc(OC(C)C(C)C)c2ccccc2n1. The highest BCUT2D eigenvalue weighted by Crippen LogP contribution is 2.27. The van der Waals surface area contributed by atoms with Gasteiger partial charge in [-0.05, 0) is 25.0 Å². The summed E-state index contributed by atoms with van der Waals surface area (Å²) in [5.41, 5.74) is 2.01. The van der Waals surface area contributed by atoms with Crippen molar-refractivity contribution in [3.8, 4) is 5.75 Å². The minimum atomic E-state index is 0.182. The molecule has 0 saturated carbocycles. The van der Waals surface area contributed by atoms with Crippen LogP contribution in [0.25, 0.3) is 10.9 Å². The van der Waals surface area contributed by atoms with Crippen LogP contribution in [-0.2, 0) is 6.54 Å². The highest BCUT2D eigenvalue weighted by molar-refractivity contribution is 5.85. The maximum atomic E-state index is 6.17. The predicted molar refractivity (Wildman–Crippen MR) is 88.6 cm³/mol. The lowest BCUT2D eigenvalue weighted by atomic mass is 10.1. The molecule has 1 unspecified atom stereocenters. The number of hydrogen-bond acceptors (Lipinski definition) is 3. The zero-order chi connectivity index (χ0) is 15.4. The summed E-state index contributed by atoms with van der Waals surface area (Å²) in [6.45, 7) is 11.5. The van der Waals surface area contributed by atoms with Crippen LogP contribution in [0.4, 0.5) is 0 Å². The second-order valence-corrected chi connectivity index (χ2v) is 6.23. The number of fused-ring (bicyclic) bond motifs is 1. The Labute approximate surface area is 127 Å². The van der Waals surface area contributed by atoms with Crippen molar-refractivity contribution in [1.29, 1.82) is 0 Å². The monoisotopic (exact) mass is 286 g/mol. The van der Waals surface area contributed by atoms with Crippen molar-refractivity contribution in [2.45, 2.75) is 53.3 Å². The van der Waals surface area contributed by atoms with Crippen LogP contribution in [0, 0.1) is 5.92 Å². The fourth-order valence-electron chi connectivity index (χ4n) is 2.03. The Kier molecular flexibility index (Phi) is 5.18. The number of pyridine rings is 1. The fourth-order valence-corrected chi connectivity index (χ4v) is 2.03. The van der Waals surface area contributed by atoms with Crippen molar-refractivity contribution in [2.24, 2.45) is 5.92 Å². The third-order valence-electron chi connectivity index (χ3n) is 3.67. The van der Waals surface area contributed by atoms with Gasteiger partial charge in [0.25, 0.3) is 0 Å². The van der Waals surface area contributed by atoms with Crippen LogP contribution in [0.1, 0.15) is 40.3 Å². The van der Waals surface area contributed by atoms with Crippen molar-refractivity contribution in [3.63, 3.8) is 0 Å². The molecule has 0 aliphatic heterocycles. The maximum absolute atomic E-state index is 6.17. The second-order valence-electron chi connectivity index (χ2n) is 6.23. The average Bonchev–Trinajstić information content (AvgIpc) is 2.45. The van der Waals surface area contributed by atoms with Gasteiger partial charge in [0.15, 0.2) is 0 Å². The van der Waals surface area contributed by atoms with E-state index < -0.39 is 0 Å². The molecular weight excluding hydrogens is 260 g/mol. The fraction of sp³-hybridized carbons (Fsp3) is 0.500. The van der Waals surface area contributed by atoms with Crippen molar-refractivity contribution in [1.82, 2.24) is 10.3 Å². The van der Waals surface area contributed by atoms with Gasteiger partial charge in [0, 0.05) is 24.0 Å². The lowest BCUT2D eigenvalue weighted by Crippen LogP contribution is -2.23. The van der Waals surface area contributed by atoms with Gasteiger partial charge in [-0.25, -0.2) is 0 Å². The van der Waals surface area contributed by atoms with Crippen molar-refractivity contribution < 1.29 is 4.74 Å². The maximum Gasteiger partial charge on any atom is 0.130 e. The van der Waals surface area contributed by atoms with Gasteiger partial charge < -0.3 is 10.1 Å². The number of para-hydroxylation sites is 1. The molecule has 0 bridgehead atoms. The summed E-state index contributed by atoms with van der Waals surface area (Å²) in [4.78, 5) is 4.72. The molecule has 21 heavy (non-hydrogen) atoms. The van der Waals surface area contributed by atoms with Crippen molar-refractivity contribution in [3.05, 3.63) is 36.0 Å². The van der Waals surface area contributed by atoms with Crippen LogP contribution in [0.2, 0.25) is 0 Å². The number of nitrogens with zero attached hydrogens (tertiary/aromatic N) is 1. The van der Waals surface area contributed by atoms with Crippen LogP contribution < -0.4 is 10.1 Å². The van der Waals surface area contributed by atoms with Gasteiger partial charge in [-0.15, -0.1) is 0 Å².